The molecule has 0 aliphatic rings. The van der Waals surface area contributed by atoms with Gasteiger partial charge in [-0.25, -0.2) is 0 Å². The van der Waals surface area contributed by atoms with Gasteiger partial charge in [-0.05, 0) is 18.2 Å². The highest BCUT2D eigenvalue weighted by molar-refractivity contribution is 7.99. The summed E-state index contributed by atoms with van der Waals surface area (Å²) in [6, 6.07) is 12.9. The number of benzene rings is 2. The van der Waals surface area contributed by atoms with Crippen LogP contribution in [0.4, 0.5) is 11.4 Å². The van der Waals surface area contributed by atoms with Gasteiger partial charge in [0, 0.05) is 19.4 Å². The van der Waals surface area contributed by atoms with E-state index in [1.54, 1.807) is 19.2 Å². The van der Waals surface area contributed by atoms with Crippen LogP contribution in [0.15, 0.2) is 57.9 Å². The Balaban J connectivity index is 2.15. The fourth-order valence-electron chi connectivity index (χ4n) is 2.22. The normalized spacial score (nSPS) is 10.5. The molecule has 6 heteroatoms. The lowest BCUT2D eigenvalue weighted by atomic mass is 10.2. The van der Waals surface area contributed by atoms with Crippen molar-refractivity contribution < 1.29 is 9.15 Å². The second-order valence-corrected chi connectivity index (χ2v) is 5.41. The minimum absolute atomic E-state index is 0.123. The monoisotopic (exact) mass is 328 g/mol. The molecule has 0 saturated carbocycles. The summed E-state index contributed by atoms with van der Waals surface area (Å²) >= 11 is 1.44. The third-order valence-electron chi connectivity index (χ3n) is 3.33. The highest BCUT2D eigenvalue weighted by atomic mass is 32.2. The number of nitrogens with one attached hydrogen (secondary N) is 2. The van der Waals surface area contributed by atoms with E-state index in [1.165, 1.54) is 18.2 Å². The first kappa shape index (κ1) is 15.3. The first-order valence-electron chi connectivity index (χ1n) is 7.02. The van der Waals surface area contributed by atoms with Crippen LogP contribution in [0.25, 0.3) is 11.0 Å². The molecule has 1 aromatic heterocycles. The average Bonchev–Trinajstić information content (AvgIpc) is 2.57. The molecule has 0 atom stereocenters. The number of anilines is 2. The maximum absolute atomic E-state index is 12.4. The molecule has 23 heavy (non-hydrogen) atoms. The zero-order valence-electron chi connectivity index (χ0n) is 12.8. The van der Waals surface area contributed by atoms with Gasteiger partial charge in [-0.15, -0.1) is 0 Å². The lowest BCUT2D eigenvalue weighted by molar-refractivity contribution is 0.485. The van der Waals surface area contributed by atoms with Crippen molar-refractivity contribution >= 4 is 34.3 Å². The first-order valence-corrected chi connectivity index (χ1v) is 8.24. The average molecular weight is 328 g/mol. The molecule has 0 amide bonds. The summed E-state index contributed by atoms with van der Waals surface area (Å²) in [6.45, 7) is 0. The van der Waals surface area contributed by atoms with E-state index in [1.807, 2.05) is 36.6 Å². The van der Waals surface area contributed by atoms with E-state index in [4.69, 9.17) is 9.15 Å². The van der Waals surface area contributed by atoms with Gasteiger partial charge in [0.05, 0.1) is 11.1 Å². The van der Waals surface area contributed by atoms with Crippen LogP contribution in [-0.4, -0.2) is 13.3 Å². The summed E-state index contributed by atoms with van der Waals surface area (Å²) < 4.78 is 14.6. The molecule has 3 aromatic rings. The van der Waals surface area contributed by atoms with Crippen molar-refractivity contribution in [3.05, 3.63) is 59.0 Å². The van der Waals surface area contributed by atoms with E-state index in [-0.39, 0.29) is 5.43 Å². The molecular weight excluding hydrogens is 312 g/mol. The Bertz CT molecular complexity index is 878. The van der Waals surface area contributed by atoms with Gasteiger partial charge in [0.25, 0.3) is 0 Å². The van der Waals surface area contributed by atoms with Crippen molar-refractivity contribution in [3.63, 3.8) is 0 Å². The molecule has 2 N–H and O–H groups in total. The Morgan fingerprint density at radius 3 is 2.61 bits per heavy atom. The molecule has 0 radical (unpaired) electrons. The molecule has 1 heterocycles. The number of fused-ring (bicyclic) bond motifs is 1. The van der Waals surface area contributed by atoms with Crippen molar-refractivity contribution in [3.8, 4) is 11.5 Å². The Morgan fingerprint density at radius 1 is 1.13 bits per heavy atom. The Morgan fingerprint density at radius 2 is 1.91 bits per heavy atom. The molecule has 3 rings (SSSR count). The third-order valence-corrected chi connectivity index (χ3v) is 3.75. The van der Waals surface area contributed by atoms with Gasteiger partial charge >= 0.3 is 0 Å². The Kier molecular flexibility index (Phi) is 4.43. The van der Waals surface area contributed by atoms with Gasteiger partial charge in [0.1, 0.15) is 23.3 Å². The van der Waals surface area contributed by atoms with Gasteiger partial charge in [-0.2, -0.15) is 0 Å². The number of hydrogen-bond donors (Lipinski definition) is 2. The summed E-state index contributed by atoms with van der Waals surface area (Å²) in [7, 11) is 1.68. The highest BCUT2D eigenvalue weighted by Crippen LogP contribution is 2.34. The van der Waals surface area contributed by atoms with Crippen molar-refractivity contribution in [2.24, 2.45) is 0 Å². The van der Waals surface area contributed by atoms with Crippen LogP contribution in [0.3, 0.4) is 0 Å². The lowest BCUT2D eigenvalue weighted by Crippen LogP contribution is -2.08. The highest BCUT2D eigenvalue weighted by Gasteiger charge is 2.13. The molecule has 0 bridgehead atoms. The zero-order valence-corrected chi connectivity index (χ0v) is 13.6. The third kappa shape index (κ3) is 3.12. The van der Waals surface area contributed by atoms with Gasteiger partial charge < -0.3 is 19.2 Å². The summed E-state index contributed by atoms with van der Waals surface area (Å²) in [6.07, 6.45) is 3.34. The molecule has 5 nitrogen and oxygen atoms in total. The molecule has 0 aliphatic carbocycles. The van der Waals surface area contributed by atoms with Gasteiger partial charge in [0.2, 0.25) is 5.43 Å². The van der Waals surface area contributed by atoms with Crippen molar-refractivity contribution in [1.82, 2.24) is 0 Å². The van der Waals surface area contributed by atoms with Crippen molar-refractivity contribution in [2.75, 3.05) is 23.3 Å². The summed E-state index contributed by atoms with van der Waals surface area (Å²) in [5, 5.41) is 3.30. The zero-order chi connectivity index (χ0) is 16.2. The van der Waals surface area contributed by atoms with Crippen LogP contribution in [0, 0.1) is 0 Å². The fraction of sp³-hybridized carbons (Fsp3) is 0.118. The van der Waals surface area contributed by atoms with E-state index in [2.05, 4.69) is 10.0 Å². The topological polar surface area (TPSA) is 63.5 Å². The molecule has 2 aromatic carbocycles. The molecule has 0 aliphatic heterocycles. The summed E-state index contributed by atoms with van der Waals surface area (Å²) in [4.78, 5) is 12.4. The van der Waals surface area contributed by atoms with E-state index >= 15 is 0 Å². The number of ether oxygens (including phenoxy) is 1. The van der Waals surface area contributed by atoms with E-state index in [0.717, 1.165) is 5.69 Å². The van der Waals surface area contributed by atoms with Crippen LogP contribution >= 0.6 is 11.9 Å². The summed E-state index contributed by atoms with van der Waals surface area (Å²) in [5.74, 6) is 1.27. The molecule has 0 fully saturated rings. The maximum Gasteiger partial charge on any atom is 0.215 e. The number of para-hydroxylation sites is 1. The number of hydrogen-bond acceptors (Lipinski definition) is 6. The van der Waals surface area contributed by atoms with Crippen molar-refractivity contribution in [2.45, 2.75) is 0 Å². The maximum atomic E-state index is 12.4. The van der Waals surface area contributed by atoms with Gasteiger partial charge in [0.15, 0.2) is 5.75 Å². The van der Waals surface area contributed by atoms with Crippen LogP contribution < -0.4 is 20.2 Å². The van der Waals surface area contributed by atoms with Crippen LogP contribution in [0.2, 0.25) is 0 Å². The Labute approximate surface area is 137 Å². The predicted octanol–water partition coefficient (Wildman–Crippen LogP) is 4.32. The van der Waals surface area contributed by atoms with E-state index in [0.29, 0.717) is 28.2 Å². The predicted molar refractivity (Wildman–Crippen MR) is 95.7 cm³/mol. The van der Waals surface area contributed by atoms with Crippen LogP contribution in [0.5, 0.6) is 11.5 Å². The molecule has 0 unspecified atom stereocenters. The van der Waals surface area contributed by atoms with Crippen molar-refractivity contribution in [1.29, 1.82) is 0 Å². The SMILES string of the molecule is CNc1coc2cc(NSC)c(Oc3ccccc3)cc2c1=O. The van der Waals surface area contributed by atoms with Gasteiger partial charge in [-0.3, -0.25) is 4.79 Å². The lowest BCUT2D eigenvalue weighted by Gasteiger charge is -2.13. The second kappa shape index (κ2) is 6.66. The molecule has 0 saturated heterocycles. The van der Waals surface area contributed by atoms with E-state index < -0.39 is 0 Å². The minimum Gasteiger partial charge on any atom is -0.462 e. The Hall–Kier alpha value is -2.60. The minimum atomic E-state index is -0.123. The fourth-order valence-corrected chi connectivity index (χ4v) is 2.60. The smallest absolute Gasteiger partial charge is 0.215 e. The van der Waals surface area contributed by atoms with E-state index in [9.17, 15) is 4.79 Å². The van der Waals surface area contributed by atoms with Crippen LogP contribution in [0.1, 0.15) is 0 Å². The summed E-state index contributed by atoms with van der Waals surface area (Å²) in [5.41, 5.74) is 1.54. The van der Waals surface area contributed by atoms with Gasteiger partial charge in [-0.1, -0.05) is 30.1 Å². The molecular formula is C17H16N2O3S. The first-order chi connectivity index (χ1) is 11.2. The quantitative estimate of drug-likeness (QED) is 0.680. The number of rotatable bonds is 5. The standard InChI is InChI=1S/C17H16N2O3S/c1-18-14-10-21-15-9-13(19-23-2)16(8-12(15)17(14)20)22-11-6-4-3-5-7-11/h3-10,18-19H,1-2H3. The largest absolute Gasteiger partial charge is 0.462 e. The van der Waals surface area contributed by atoms with Crippen LogP contribution in [-0.2, 0) is 0 Å². The second-order valence-electron chi connectivity index (χ2n) is 4.79. The molecule has 0 spiro atoms. The molecule has 118 valence electrons.